The Labute approximate surface area is 68.2 Å². The number of hydrogen-bond donors (Lipinski definition) is 0. The SMILES string of the molecule is C1CCC(CC2CO2)CC1.O. The normalized spacial score (nSPS) is 31.1. The Kier molecular flexibility index (Phi) is 3.34. The zero-order chi connectivity index (χ0) is 6.81. The van der Waals surface area contributed by atoms with E-state index in [0.29, 0.717) is 6.10 Å². The van der Waals surface area contributed by atoms with Gasteiger partial charge in [-0.3, -0.25) is 0 Å². The molecule has 1 heterocycles. The molecule has 0 bridgehead atoms. The van der Waals surface area contributed by atoms with Gasteiger partial charge < -0.3 is 10.2 Å². The van der Waals surface area contributed by atoms with Gasteiger partial charge in [0.1, 0.15) is 0 Å². The zero-order valence-corrected chi connectivity index (χ0v) is 7.01. The van der Waals surface area contributed by atoms with E-state index in [1.807, 2.05) is 0 Å². The fraction of sp³-hybridized carbons (Fsp3) is 1.00. The van der Waals surface area contributed by atoms with Crippen molar-refractivity contribution in [3.05, 3.63) is 0 Å². The molecule has 1 aliphatic carbocycles. The van der Waals surface area contributed by atoms with E-state index in [2.05, 4.69) is 0 Å². The predicted octanol–water partition coefficient (Wildman–Crippen LogP) is 1.53. The third-order valence-corrected chi connectivity index (χ3v) is 2.72. The lowest BCUT2D eigenvalue weighted by atomic mass is 9.86. The van der Waals surface area contributed by atoms with Crippen LogP contribution in [0.5, 0.6) is 0 Å². The summed E-state index contributed by atoms with van der Waals surface area (Å²) >= 11 is 0. The van der Waals surface area contributed by atoms with E-state index in [1.165, 1.54) is 38.5 Å². The van der Waals surface area contributed by atoms with Gasteiger partial charge in [-0.15, -0.1) is 0 Å². The van der Waals surface area contributed by atoms with E-state index in [1.54, 1.807) is 0 Å². The minimum absolute atomic E-state index is 0. The summed E-state index contributed by atoms with van der Waals surface area (Å²) in [5.74, 6) is 1.02. The molecule has 1 saturated carbocycles. The van der Waals surface area contributed by atoms with Crippen LogP contribution in [-0.2, 0) is 4.74 Å². The Morgan fingerprint density at radius 1 is 1.09 bits per heavy atom. The Bertz CT molecular complexity index is 104. The first-order valence-corrected chi connectivity index (χ1v) is 4.57. The lowest BCUT2D eigenvalue weighted by Gasteiger charge is -2.20. The molecule has 11 heavy (non-hydrogen) atoms. The highest BCUT2D eigenvalue weighted by Gasteiger charge is 2.27. The van der Waals surface area contributed by atoms with Crippen LogP contribution in [0.3, 0.4) is 0 Å². The standard InChI is InChI=1S/C9H16O.H2O/c1-2-4-8(5-3-1)6-9-7-10-9;/h8-9H,1-7H2;1H2. The highest BCUT2D eigenvalue weighted by molar-refractivity contribution is 4.76. The molecule has 2 aliphatic rings. The Balaban J connectivity index is 0.000000605. The second-order valence-electron chi connectivity index (χ2n) is 3.70. The summed E-state index contributed by atoms with van der Waals surface area (Å²) in [7, 11) is 0. The maximum absolute atomic E-state index is 5.21. The molecule has 0 aromatic carbocycles. The molecular formula is C9H18O2. The molecule has 1 unspecified atom stereocenters. The van der Waals surface area contributed by atoms with Gasteiger partial charge in [0, 0.05) is 0 Å². The molecule has 0 aromatic heterocycles. The van der Waals surface area contributed by atoms with Gasteiger partial charge in [0.25, 0.3) is 0 Å². The maximum Gasteiger partial charge on any atom is 0.0812 e. The van der Waals surface area contributed by atoms with E-state index in [9.17, 15) is 0 Å². The average molecular weight is 158 g/mol. The van der Waals surface area contributed by atoms with Crippen molar-refractivity contribution in [2.75, 3.05) is 6.61 Å². The first kappa shape index (κ1) is 9.01. The van der Waals surface area contributed by atoms with Gasteiger partial charge in [-0.05, 0) is 12.3 Å². The number of ether oxygens (including phenoxy) is 1. The van der Waals surface area contributed by atoms with Crippen molar-refractivity contribution < 1.29 is 10.2 Å². The summed E-state index contributed by atoms with van der Waals surface area (Å²) in [5.41, 5.74) is 0. The first-order valence-electron chi connectivity index (χ1n) is 4.57. The lowest BCUT2D eigenvalue weighted by molar-refractivity contribution is 0.293. The molecule has 1 atom stereocenters. The molecule has 2 fully saturated rings. The zero-order valence-electron chi connectivity index (χ0n) is 7.01. The van der Waals surface area contributed by atoms with Crippen LogP contribution in [0.15, 0.2) is 0 Å². The van der Waals surface area contributed by atoms with Gasteiger partial charge >= 0.3 is 0 Å². The van der Waals surface area contributed by atoms with E-state index in [4.69, 9.17) is 4.74 Å². The van der Waals surface area contributed by atoms with Crippen LogP contribution in [0.25, 0.3) is 0 Å². The van der Waals surface area contributed by atoms with Crippen molar-refractivity contribution in [3.8, 4) is 0 Å². The fourth-order valence-corrected chi connectivity index (χ4v) is 2.00. The molecular weight excluding hydrogens is 140 g/mol. The van der Waals surface area contributed by atoms with Gasteiger partial charge in [0.05, 0.1) is 12.7 Å². The predicted molar refractivity (Wildman–Crippen MR) is 44.5 cm³/mol. The maximum atomic E-state index is 5.21. The van der Waals surface area contributed by atoms with E-state index in [-0.39, 0.29) is 5.48 Å². The summed E-state index contributed by atoms with van der Waals surface area (Å²) in [6.07, 6.45) is 9.39. The van der Waals surface area contributed by atoms with Crippen molar-refractivity contribution in [3.63, 3.8) is 0 Å². The largest absolute Gasteiger partial charge is 0.412 e. The Morgan fingerprint density at radius 3 is 2.27 bits per heavy atom. The van der Waals surface area contributed by atoms with Gasteiger partial charge in [-0.1, -0.05) is 32.1 Å². The van der Waals surface area contributed by atoms with Gasteiger partial charge in [0.15, 0.2) is 0 Å². The van der Waals surface area contributed by atoms with Gasteiger partial charge in [-0.2, -0.15) is 0 Å². The molecule has 0 radical (unpaired) electrons. The third-order valence-electron chi connectivity index (χ3n) is 2.72. The molecule has 0 spiro atoms. The molecule has 2 rings (SSSR count). The molecule has 1 aliphatic heterocycles. The minimum Gasteiger partial charge on any atom is -0.412 e. The highest BCUT2D eigenvalue weighted by atomic mass is 16.6. The molecule has 0 aromatic rings. The Hall–Kier alpha value is -0.0800. The summed E-state index contributed by atoms with van der Waals surface area (Å²) in [6, 6.07) is 0. The van der Waals surface area contributed by atoms with Gasteiger partial charge in [0.2, 0.25) is 0 Å². The van der Waals surface area contributed by atoms with E-state index >= 15 is 0 Å². The quantitative estimate of drug-likeness (QED) is 0.562. The third kappa shape index (κ3) is 2.80. The molecule has 2 nitrogen and oxygen atoms in total. The van der Waals surface area contributed by atoms with E-state index < -0.39 is 0 Å². The monoisotopic (exact) mass is 158 g/mol. The lowest BCUT2D eigenvalue weighted by Crippen LogP contribution is -2.08. The topological polar surface area (TPSA) is 44.0 Å². The van der Waals surface area contributed by atoms with Crippen LogP contribution >= 0.6 is 0 Å². The van der Waals surface area contributed by atoms with Crippen LogP contribution in [-0.4, -0.2) is 18.2 Å². The molecule has 2 heteroatoms. The van der Waals surface area contributed by atoms with Crippen molar-refractivity contribution in [2.45, 2.75) is 44.6 Å². The molecule has 0 amide bonds. The summed E-state index contributed by atoms with van der Waals surface area (Å²) in [5, 5.41) is 0. The molecule has 66 valence electrons. The first-order chi connectivity index (χ1) is 4.95. The van der Waals surface area contributed by atoms with Crippen LogP contribution in [0.2, 0.25) is 0 Å². The van der Waals surface area contributed by atoms with Crippen molar-refractivity contribution in [1.82, 2.24) is 0 Å². The average Bonchev–Trinajstić information content (AvgIpc) is 2.74. The second kappa shape index (κ2) is 4.07. The van der Waals surface area contributed by atoms with Crippen molar-refractivity contribution in [1.29, 1.82) is 0 Å². The minimum atomic E-state index is 0. The van der Waals surface area contributed by atoms with Crippen LogP contribution in [0.4, 0.5) is 0 Å². The second-order valence-corrected chi connectivity index (χ2v) is 3.70. The van der Waals surface area contributed by atoms with Gasteiger partial charge in [-0.25, -0.2) is 0 Å². The van der Waals surface area contributed by atoms with Crippen molar-refractivity contribution >= 4 is 0 Å². The summed E-state index contributed by atoms with van der Waals surface area (Å²) < 4.78 is 5.21. The van der Waals surface area contributed by atoms with Crippen LogP contribution in [0.1, 0.15) is 38.5 Å². The summed E-state index contributed by atoms with van der Waals surface area (Å²) in [6.45, 7) is 1.05. The molecule has 2 N–H and O–H groups in total. The smallest absolute Gasteiger partial charge is 0.0812 e. The Morgan fingerprint density at radius 2 is 1.73 bits per heavy atom. The highest BCUT2D eigenvalue weighted by Crippen LogP contribution is 2.30. The summed E-state index contributed by atoms with van der Waals surface area (Å²) in [4.78, 5) is 0. The van der Waals surface area contributed by atoms with Crippen LogP contribution in [0, 0.1) is 5.92 Å². The number of epoxide rings is 1. The number of hydrogen-bond acceptors (Lipinski definition) is 1. The van der Waals surface area contributed by atoms with Crippen LogP contribution < -0.4 is 0 Å². The van der Waals surface area contributed by atoms with Crippen molar-refractivity contribution in [2.24, 2.45) is 5.92 Å². The number of rotatable bonds is 2. The molecule has 1 saturated heterocycles. The van der Waals surface area contributed by atoms with E-state index in [0.717, 1.165) is 12.5 Å². The fourth-order valence-electron chi connectivity index (χ4n) is 2.00.